The highest BCUT2D eigenvalue weighted by molar-refractivity contribution is 5.03. The van der Waals surface area contributed by atoms with E-state index in [1.54, 1.807) is 10.6 Å². The molecule has 1 saturated heterocycles. The highest BCUT2D eigenvalue weighted by atomic mass is 16.5. The molecule has 1 fully saturated rings. The van der Waals surface area contributed by atoms with Crippen molar-refractivity contribution in [2.75, 3.05) is 13.2 Å². The van der Waals surface area contributed by atoms with E-state index in [9.17, 15) is 4.79 Å². The molecule has 1 aliphatic heterocycles. The Morgan fingerprint density at radius 3 is 2.93 bits per heavy atom. The standard InChI is InChI=1S/C10H14N2O2/c1-7-5-10(13)12(8(2)11-7)9-3-4-14-6-9/h5,9H,3-4,6H2,1-2H3. The van der Waals surface area contributed by atoms with Gasteiger partial charge in [-0.2, -0.15) is 0 Å². The first-order valence-electron chi connectivity index (χ1n) is 4.83. The Bertz CT molecular complexity index is 392. The van der Waals surface area contributed by atoms with Crippen LogP contribution in [0.4, 0.5) is 0 Å². The van der Waals surface area contributed by atoms with Crippen LogP contribution in [0.5, 0.6) is 0 Å². The number of ether oxygens (including phenoxy) is 1. The second kappa shape index (κ2) is 3.53. The van der Waals surface area contributed by atoms with E-state index in [4.69, 9.17) is 4.74 Å². The Labute approximate surface area is 82.5 Å². The van der Waals surface area contributed by atoms with Crippen LogP contribution in [-0.2, 0) is 4.74 Å². The monoisotopic (exact) mass is 194 g/mol. The summed E-state index contributed by atoms with van der Waals surface area (Å²) in [5, 5.41) is 0. The van der Waals surface area contributed by atoms with E-state index in [1.165, 1.54) is 0 Å². The zero-order valence-electron chi connectivity index (χ0n) is 8.49. The third-order valence-corrected chi connectivity index (χ3v) is 2.53. The van der Waals surface area contributed by atoms with Crippen LogP contribution in [0.2, 0.25) is 0 Å². The molecule has 4 nitrogen and oxygen atoms in total. The predicted octanol–water partition coefficient (Wildman–Crippen LogP) is 0.822. The maximum atomic E-state index is 11.7. The maximum absolute atomic E-state index is 11.7. The van der Waals surface area contributed by atoms with Crippen molar-refractivity contribution in [2.45, 2.75) is 26.3 Å². The molecular weight excluding hydrogens is 180 g/mol. The van der Waals surface area contributed by atoms with E-state index >= 15 is 0 Å². The van der Waals surface area contributed by atoms with Gasteiger partial charge in [0.05, 0.1) is 12.6 Å². The molecule has 14 heavy (non-hydrogen) atoms. The minimum Gasteiger partial charge on any atom is -0.379 e. The molecule has 1 aliphatic rings. The largest absolute Gasteiger partial charge is 0.379 e. The molecule has 0 amide bonds. The van der Waals surface area contributed by atoms with E-state index in [1.807, 2.05) is 13.8 Å². The molecule has 0 aliphatic carbocycles. The lowest BCUT2D eigenvalue weighted by Gasteiger charge is -2.14. The molecule has 1 aromatic rings. The molecule has 0 bridgehead atoms. The van der Waals surface area contributed by atoms with Gasteiger partial charge in [-0.1, -0.05) is 0 Å². The van der Waals surface area contributed by atoms with Crippen molar-refractivity contribution < 1.29 is 4.74 Å². The van der Waals surface area contributed by atoms with E-state index in [0.29, 0.717) is 6.61 Å². The van der Waals surface area contributed by atoms with Gasteiger partial charge in [0.1, 0.15) is 5.82 Å². The fraction of sp³-hybridized carbons (Fsp3) is 0.600. The van der Waals surface area contributed by atoms with Gasteiger partial charge in [0, 0.05) is 18.4 Å². The lowest BCUT2D eigenvalue weighted by atomic mass is 10.2. The van der Waals surface area contributed by atoms with Crippen LogP contribution in [-0.4, -0.2) is 22.8 Å². The summed E-state index contributed by atoms with van der Waals surface area (Å²) in [4.78, 5) is 16.0. The second-order valence-electron chi connectivity index (χ2n) is 3.67. The molecule has 4 heteroatoms. The van der Waals surface area contributed by atoms with Crippen LogP contribution >= 0.6 is 0 Å². The molecule has 0 N–H and O–H groups in total. The van der Waals surface area contributed by atoms with Crippen molar-refractivity contribution in [2.24, 2.45) is 0 Å². The summed E-state index contributed by atoms with van der Waals surface area (Å²) in [6, 6.07) is 1.75. The van der Waals surface area contributed by atoms with E-state index in [0.717, 1.165) is 24.5 Å². The van der Waals surface area contributed by atoms with Crippen molar-refractivity contribution in [3.63, 3.8) is 0 Å². The van der Waals surface area contributed by atoms with Crippen molar-refractivity contribution in [3.05, 3.63) is 27.9 Å². The summed E-state index contributed by atoms with van der Waals surface area (Å²) in [6.07, 6.45) is 0.908. The van der Waals surface area contributed by atoms with Gasteiger partial charge in [-0.3, -0.25) is 9.36 Å². The Morgan fingerprint density at radius 1 is 1.57 bits per heavy atom. The van der Waals surface area contributed by atoms with Crippen molar-refractivity contribution in [3.8, 4) is 0 Å². The molecule has 0 aromatic carbocycles. The summed E-state index contributed by atoms with van der Waals surface area (Å²) in [7, 11) is 0. The van der Waals surface area contributed by atoms with Gasteiger partial charge in [0.15, 0.2) is 0 Å². The van der Waals surface area contributed by atoms with E-state index in [2.05, 4.69) is 4.98 Å². The van der Waals surface area contributed by atoms with Gasteiger partial charge in [0.25, 0.3) is 5.56 Å². The Morgan fingerprint density at radius 2 is 2.36 bits per heavy atom. The number of hydrogen-bond acceptors (Lipinski definition) is 3. The molecule has 2 rings (SSSR count). The molecule has 1 unspecified atom stereocenters. The minimum absolute atomic E-state index is 0.0329. The van der Waals surface area contributed by atoms with Crippen LogP contribution in [0.1, 0.15) is 24.0 Å². The lowest BCUT2D eigenvalue weighted by Crippen LogP contribution is -2.28. The van der Waals surface area contributed by atoms with E-state index < -0.39 is 0 Å². The first-order chi connectivity index (χ1) is 6.68. The molecule has 2 heterocycles. The third-order valence-electron chi connectivity index (χ3n) is 2.53. The zero-order valence-corrected chi connectivity index (χ0v) is 8.49. The molecule has 76 valence electrons. The van der Waals surface area contributed by atoms with Crippen molar-refractivity contribution >= 4 is 0 Å². The molecule has 0 spiro atoms. The number of aryl methyl sites for hydroxylation is 2. The highest BCUT2D eigenvalue weighted by Crippen LogP contribution is 2.17. The van der Waals surface area contributed by atoms with Gasteiger partial charge in [-0.05, 0) is 20.3 Å². The predicted molar refractivity (Wildman–Crippen MR) is 52.4 cm³/mol. The Hall–Kier alpha value is -1.16. The summed E-state index contributed by atoms with van der Waals surface area (Å²) in [5.74, 6) is 0.783. The minimum atomic E-state index is 0.0329. The maximum Gasteiger partial charge on any atom is 0.254 e. The molecule has 0 radical (unpaired) electrons. The fourth-order valence-corrected chi connectivity index (χ4v) is 1.92. The molecule has 1 atom stereocenters. The average Bonchev–Trinajstić information content (AvgIpc) is 2.54. The zero-order chi connectivity index (χ0) is 10.1. The molecule has 0 saturated carbocycles. The van der Waals surface area contributed by atoms with Gasteiger partial charge in [-0.25, -0.2) is 4.98 Å². The molecular formula is C10H14N2O2. The van der Waals surface area contributed by atoms with Crippen LogP contribution in [0.3, 0.4) is 0 Å². The number of hydrogen-bond donors (Lipinski definition) is 0. The number of rotatable bonds is 1. The van der Waals surface area contributed by atoms with Crippen LogP contribution < -0.4 is 5.56 Å². The summed E-state index contributed by atoms with van der Waals surface area (Å²) in [6.45, 7) is 5.08. The Balaban J connectivity index is 2.46. The normalized spacial score (nSPS) is 21.4. The first kappa shape index (κ1) is 9.40. The van der Waals surface area contributed by atoms with Gasteiger partial charge in [0.2, 0.25) is 0 Å². The summed E-state index contributed by atoms with van der Waals surface area (Å²) >= 11 is 0. The highest BCUT2D eigenvalue weighted by Gasteiger charge is 2.20. The smallest absolute Gasteiger partial charge is 0.254 e. The van der Waals surface area contributed by atoms with Crippen LogP contribution in [0.25, 0.3) is 0 Å². The van der Waals surface area contributed by atoms with Crippen LogP contribution in [0.15, 0.2) is 10.9 Å². The van der Waals surface area contributed by atoms with Gasteiger partial charge in [-0.15, -0.1) is 0 Å². The average molecular weight is 194 g/mol. The number of nitrogens with zero attached hydrogens (tertiary/aromatic N) is 2. The number of aromatic nitrogens is 2. The van der Waals surface area contributed by atoms with Gasteiger partial charge < -0.3 is 4.74 Å². The van der Waals surface area contributed by atoms with Crippen molar-refractivity contribution in [1.29, 1.82) is 0 Å². The first-order valence-corrected chi connectivity index (χ1v) is 4.83. The molecule has 1 aromatic heterocycles. The topological polar surface area (TPSA) is 44.1 Å². The summed E-state index contributed by atoms with van der Waals surface area (Å²) in [5.41, 5.74) is 0.813. The van der Waals surface area contributed by atoms with E-state index in [-0.39, 0.29) is 11.6 Å². The quantitative estimate of drug-likeness (QED) is 0.665. The Kier molecular flexibility index (Phi) is 2.37. The van der Waals surface area contributed by atoms with Gasteiger partial charge >= 0.3 is 0 Å². The second-order valence-corrected chi connectivity index (χ2v) is 3.67. The summed E-state index contributed by atoms with van der Waals surface area (Å²) < 4.78 is 7.00. The van der Waals surface area contributed by atoms with Crippen molar-refractivity contribution in [1.82, 2.24) is 9.55 Å². The fourth-order valence-electron chi connectivity index (χ4n) is 1.92. The third kappa shape index (κ3) is 1.57. The lowest BCUT2D eigenvalue weighted by molar-refractivity contribution is 0.185. The van der Waals surface area contributed by atoms with Crippen LogP contribution in [0, 0.1) is 13.8 Å². The SMILES string of the molecule is Cc1cc(=O)n(C2CCOC2)c(C)n1.